The number of halogens is 3. The number of carbonyl (C=O) groups is 12. The molecular formula is C71H93ClF2N12O12. The Balaban J connectivity index is 1.46. The molecule has 4 N–H and O–H groups in total. The topological polar surface area (TPSA) is 279 Å². The van der Waals surface area contributed by atoms with E-state index in [1.165, 1.54) is 61.2 Å². The van der Waals surface area contributed by atoms with E-state index >= 15 is 14.4 Å². The second kappa shape index (κ2) is 35.8. The fourth-order valence-corrected chi connectivity index (χ4v) is 12.1. The van der Waals surface area contributed by atoms with Crippen LogP contribution in [0.25, 0.3) is 0 Å². The van der Waals surface area contributed by atoms with Crippen molar-refractivity contribution in [1.82, 2.24) is 60.5 Å². The maximum atomic E-state index is 15.5. The van der Waals surface area contributed by atoms with Crippen LogP contribution in [0.4, 0.5) is 8.78 Å². The zero-order valence-corrected chi connectivity index (χ0v) is 58.6. The average molecular weight is 1380 g/mol. The molecule has 0 aromatic heterocycles. The predicted molar refractivity (Wildman–Crippen MR) is 363 cm³/mol. The lowest BCUT2D eigenvalue weighted by molar-refractivity contribution is -0.150. The SMILES string of the molecule is CC[C@H](C)[C@@H]1NC(=O)[C@H](C)N(C)C(=O)C[C@@H](C(=O)N2CCCC2)NC(=O)[C@H](C(C)C)N(C)C(=O)[C@H](Cc2ccccc2)N(C)C(=O)[C@H](Cc2ccccc2)NC(=O)[C@H](Cc2cc(F)cc(F)c2)NC(=O)CN(C)C(=O)[C@H](Cc2ccc(Cl)cc2)N(C)C(=O)CN(C)C(=O)CN(C)C1=O. The molecule has 530 valence electrons. The van der Waals surface area contributed by atoms with Crippen LogP contribution in [0.2, 0.25) is 5.02 Å². The number of rotatable bonds is 12. The molecule has 98 heavy (non-hydrogen) atoms. The molecule has 2 saturated heterocycles. The number of benzene rings is 4. The van der Waals surface area contributed by atoms with Gasteiger partial charge in [0.05, 0.1) is 26.1 Å². The number of amides is 12. The first-order valence-electron chi connectivity index (χ1n) is 32.8. The van der Waals surface area contributed by atoms with E-state index < -0.39 is 175 Å². The lowest BCUT2D eigenvalue weighted by atomic mass is 9.97. The van der Waals surface area contributed by atoms with Crippen molar-refractivity contribution in [1.29, 1.82) is 0 Å². The third-order valence-corrected chi connectivity index (χ3v) is 18.5. The summed E-state index contributed by atoms with van der Waals surface area (Å²) in [6, 6.07) is 14.8. The van der Waals surface area contributed by atoms with Crippen molar-refractivity contribution < 1.29 is 66.3 Å². The maximum absolute atomic E-state index is 15.5. The van der Waals surface area contributed by atoms with Gasteiger partial charge in [0, 0.05) is 99.2 Å². The van der Waals surface area contributed by atoms with Crippen LogP contribution < -0.4 is 21.3 Å². The highest BCUT2D eigenvalue weighted by Gasteiger charge is 2.42. The fraction of sp³-hybridized carbons (Fsp3) is 0.493. The van der Waals surface area contributed by atoms with Crippen LogP contribution in [0.5, 0.6) is 0 Å². The lowest BCUT2D eigenvalue weighted by Gasteiger charge is -2.38. The normalized spacial score (nSPS) is 23.4. The molecule has 0 bridgehead atoms. The number of likely N-dealkylation sites (tertiary alicyclic amines) is 1. The van der Waals surface area contributed by atoms with Gasteiger partial charge in [0.2, 0.25) is 70.9 Å². The quantitative estimate of drug-likeness (QED) is 0.159. The van der Waals surface area contributed by atoms with Crippen molar-refractivity contribution in [2.45, 2.75) is 134 Å². The fourth-order valence-electron chi connectivity index (χ4n) is 11.9. The van der Waals surface area contributed by atoms with E-state index in [1.807, 2.05) is 0 Å². The van der Waals surface area contributed by atoms with E-state index in [4.69, 9.17) is 11.6 Å². The van der Waals surface area contributed by atoms with Crippen LogP contribution in [-0.2, 0) is 83.2 Å². The van der Waals surface area contributed by atoms with Crippen LogP contribution in [-0.4, -0.2) is 240 Å². The van der Waals surface area contributed by atoms with Crippen molar-refractivity contribution in [3.8, 4) is 0 Å². The Morgan fingerprint density at radius 1 is 0.510 bits per heavy atom. The van der Waals surface area contributed by atoms with Crippen molar-refractivity contribution >= 4 is 82.5 Å². The minimum atomic E-state index is -1.71. The van der Waals surface area contributed by atoms with Crippen molar-refractivity contribution in [2.75, 3.05) is 82.1 Å². The molecule has 0 spiro atoms. The number of nitrogens with zero attached hydrogens (tertiary/aromatic N) is 8. The molecule has 0 radical (unpaired) electrons. The molecule has 4 aromatic carbocycles. The van der Waals surface area contributed by atoms with E-state index in [9.17, 15) is 51.9 Å². The number of likely N-dealkylation sites (N-methyl/N-ethyl adjacent to an activating group) is 7. The van der Waals surface area contributed by atoms with Gasteiger partial charge in [-0.3, -0.25) is 57.5 Å². The summed E-state index contributed by atoms with van der Waals surface area (Å²) in [7, 11) is 9.32. The number of carbonyl (C=O) groups excluding carboxylic acids is 12. The minimum absolute atomic E-state index is 0.0844. The Labute approximate surface area is 577 Å². The van der Waals surface area contributed by atoms with Gasteiger partial charge in [-0.05, 0) is 78.1 Å². The summed E-state index contributed by atoms with van der Waals surface area (Å²) in [6.07, 6.45) is 0.0347. The molecule has 2 aliphatic heterocycles. The van der Waals surface area contributed by atoms with Crippen LogP contribution in [0, 0.1) is 23.5 Å². The molecule has 27 heteroatoms. The molecule has 4 aromatic rings. The second-order valence-corrected chi connectivity index (χ2v) is 26.4. The Bertz CT molecular complexity index is 3490. The third-order valence-electron chi connectivity index (χ3n) is 18.3. The number of hydrogen-bond acceptors (Lipinski definition) is 12. The highest BCUT2D eigenvalue weighted by atomic mass is 35.5. The second-order valence-electron chi connectivity index (χ2n) is 26.0. The van der Waals surface area contributed by atoms with Gasteiger partial charge in [-0.15, -0.1) is 0 Å². The first-order valence-corrected chi connectivity index (χ1v) is 33.2. The van der Waals surface area contributed by atoms with Gasteiger partial charge < -0.3 is 60.5 Å². The van der Waals surface area contributed by atoms with E-state index in [0.29, 0.717) is 60.1 Å². The minimum Gasteiger partial charge on any atom is -0.342 e. The zero-order valence-electron chi connectivity index (χ0n) is 57.9. The Morgan fingerprint density at radius 3 is 1.59 bits per heavy atom. The molecular weight excluding hydrogens is 1290 g/mol. The first kappa shape index (κ1) is 77.7. The molecule has 9 atom stereocenters. The highest BCUT2D eigenvalue weighted by Crippen LogP contribution is 2.23. The molecule has 24 nitrogen and oxygen atoms in total. The van der Waals surface area contributed by atoms with Crippen molar-refractivity contribution in [3.63, 3.8) is 0 Å². The van der Waals surface area contributed by atoms with E-state index in [2.05, 4.69) is 21.3 Å². The predicted octanol–water partition coefficient (Wildman–Crippen LogP) is 3.26. The van der Waals surface area contributed by atoms with E-state index in [-0.39, 0.29) is 24.8 Å². The molecule has 0 unspecified atom stereocenters. The monoisotopic (exact) mass is 1380 g/mol. The largest absolute Gasteiger partial charge is 0.342 e. The zero-order chi connectivity index (χ0) is 72.4. The van der Waals surface area contributed by atoms with E-state index in [0.717, 1.165) is 46.4 Å². The first-order chi connectivity index (χ1) is 46.3. The molecule has 0 saturated carbocycles. The Hall–Kier alpha value is -9.33. The summed E-state index contributed by atoms with van der Waals surface area (Å²) in [4.78, 5) is 185. The van der Waals surface area contributed by atoms with Gasteiger partial charge in [0.1, 0.15) is 60.0 Å². The van der Waals surface area contributed by atoms with Gasteiger partial charge in [-0.25, -0.2) is 8.78 Å². The third kappa shape index (κ3) is 21.1. The highest BCUT2D eigenvalue weighted by molar-refractivity contribution is 6.30. The average Bonchev–Trinajstić information content (AvgIpc) is 0.856. The Kier molecular flexibility index (Phi) is 28.4. The summed E-state index contributed by atoms with van der Waals surface area (Å²) in [5.74, 6) is -12.6. The molecule has 12 amide bonds. The standard InChI is InChI=1S/C71H93ClF2N12O12/c1-13-44(4)62-71(98)81(8)41-60(89)79(6)42-61(90)83(10)56(37-48-26-28-50(72)29-27-48)69(96)80(7)40-58(87)75-53(35-49-32-51(73)38-52(74)33-49)65(92)76-54(34-46-22-16-14-17-23-46)67(94)84(11)57(36-47-24-18-15-19-25-47)70(97)85(12)63(43(2)3)66(93)77-55(68(95)86-30-20-21-31-86)39-59(88)82(9)45(5)64(91)78-62/h14-19,22-29,32-33,38,43-45,53-57,62-63H,13,20-21,30-31,34-37,39-42H2,1-12H3,(H,75,87)(H,76,92)(H,77,93)(H,78,91)/t44-,45-,53-,54-,55-,56-,57-,62-,63-/m0/s1. The summed E-state index contributed by atoms with van der Waals surface area (Å²) < 4.78 is 29.9. The van der Waals surface area contributed by atoms with Crippen LogP contribution >= 0.6 is 11.6 Å². The smallest absolute Gasteiger partial charge is 0.246 e. The summed E-state index contributed by atoms with van der Waals surface area (Å²) in [6.45, 7) is 6.99. The summed E-state index contributed by atoms with van der Waals surface area (Å²) >= 11 is 6.22. The lowest BCUT2D eigenvalue weighted by Crippen LogP contribution is -2.61. The van der Waals surface area contributed by atoms with Gasteiger partial charge >= 0.3 is 0 Å². The van der Waals surface area contributed by atoms with Gasteiger partial charge in [-0.2, -0.15) is 0 Å². The van der Waals surface area contributed by atoms with Gasteiger partial charge in [0.15, 0.2) is 0 Å². The summed E-state index contributed by atoms with van der Waals surface area (Å²) in [5, 5.41) is 11.3. The Morgan fingerprint density at radius 2 is 1.03 bits per heavy atom. The maximum Gasteiger partial charge on any atom is 0.246 e. The number of nitrogens with one attached hydrogen (secondary N) is 4. The molecule has 2 aliphatic rings. The van der Waals surface area contributed by atoms with E-state index in [1.54, 1.807) is 113 Å². The van der Waals surface area contributed by atoms with Crippen molar-refractivity contribution in [2.24, 2.45) is 11.8 Å². The van der Waals surface area contributed by atoms with Crippen molar-refractivity contribution in [3.05, 3.63) is 142 Å². The molecule has 6 rings (SSSR count). The molecule has 2 fully saturated rings. The number of hydrogen-bond donors (Lipinski definition) is 4. The van der Waals surface area contributed by atoms with Crippen LogP contribution in [0.1, 0.15) is 82.6 Å². The van der Waals surface area contributed by atoms with Gasteiger partial charge in [0.25, 0.3) is 0 Å². The summed E-state index contributed by atoms with van der Waals surface area (Å²) in [5.41, 5.74) is 1.58. The molecule has 2 heterocycles. The van der Waals surface area contributed by atoms with Crippen LogP contribution in [0.15, 0.2) is 103 Å². The van der Waals surface area contributed by atoms with Crippen LogP contribution in [0.3, 0.4) is 0 Å². The van der Waals surface area contributed by atoms with Gasteiger partial charge in [-0.1, -0.05) is 119 Å². The molecule has 0 aliphatic carbocycles.